The molecular weight excluding hydrogens is 425 g/mol. The second-order valence-electron chi connectivity index (χ2n) is 6.33. The van der Waals surface area contributed by atoms with Gasteiger partial charge < -0.3 is 10.4 Å². The molecule has 11 heteroatoms. The van der Waals surface area contributed by atoms with E-state index < -0.39 is 23.9 Å². The third-order valence-electron chi connectivity index (χ3n) is 4.22. The minimum atomic E-state index is -4.64. The maximum atomic E-state index is 12.9. The van der Waals surface area contributed by atoms with Crippen molar-refractivity contribution in [3.8, 4) is 11.4 Å². The number of carbonyl (C=O) groups is 2. The van der Waals surface area contributed by atoms with Crippen LogP contribution in [0.4, 0.5) is 18.9 Å². The van der Waals surface area contributed by atoms with E-state index in [4.69, 9.17) is 11.6 Å². The molecule has 0 radical (unpaired) electrons. The first kappa shape index (κ1) is 21.3. The van der Waals surface area contributed by atoms with Gasteiger partial charge in [-0.05, 0) is 42.8 Å². The van der Waals surface area contributed by atoms with Gasteiger partial charge in [0, 0.05) is 18.3 Å². The Kier molecular flexibility index (Phi) is 5.53. The number of anilines is 1. The number of nitrogens with zero attached hydrogens (tertiary/aromatic N) is 3. The third-order valence-corrected chi connectivity index (χ3v) is 4.54. The predicted molar refractivity (Wildman–Crippen MR) is 103 cm³/mol. The van der Waals surface area contributed by atoms with E-state index in [1.54, 1.807) is 6.92 Å². The van der Waals surface area contributed by atoms with Crippen LogP contribution in [-0.2, 0) is 13.2 Å². The summed E-state index contributed by atoms with van der Waals surface area (Å²) >= 11 is 6.00. The molecule has 0 atom stereocenters. The maximum Gasteiger partial charge on any atom is 0.451 e. The number of carboxylic acids is 1. The number of rotatable bonds is 4. The number of aromatic nitrogens is 3. The summed E-state index contributed by atoms with van der Waals surface area (Å²) in [7, 11) is 1.14. The molecule has 2 N–H and O–H groups in total. The number of hydrogen-bond acceptors (Lipinski definition) is 4. The van der Waals surface area contributed by atoms with Crippen LogP contribution in [0.3, 0.4) is 0 Å². The van der Waals surface area contributed by atoms with E-state index in [2.05, 4.69) is 15.4 Å². The number of halogens is 4. The first-order chi connectivity index (χ1) is 14.0. The number of amides is 1. The predicted octanol–water partition coefficient (Wildman–Crippen LogP) is 4.41. The highest BCUT2D eigenvalue weighted by Gasteiger charge is 2.37. The lowest BCUT2D eigenvalue weighted by atomic mass is 10.1. The monoisotopic (exact) mass is 438 g/mol. The zero-order valence-electron chi connectivity index (χ0n) is 15.6. The van der Waals surface area contributed by atoms with Gasteiger partial charge in [-0.25, -0.2) is 14.5 Å². The molecule has 1 heterocycles. The van der Waals surface area contributed by atoms with Gasteiger partial charge in [-0.15, -0.1) is 0 Å². The zero-order valence-corrected chi connectivity index (χ0v) is 16.3. The standard InChI is InChI=1S/C19H14ClF3N4O3/c1-9-8-10(15-25-18(19(21,22)23)27(2)26-15)6-7-13(9)24-16(28)14-11(17(29)30)4-3-5-12(14)20/h3-8H,1-2H3,(H,24,28)(H,29,30). The van der Waals surface area contributed by atoms with E-state index in [0.29, 0.717) is 21.5 Å². The van der Waals surface area contributed by atoms with Gasteiger partial charge in [0.25, 0.3) is 5.91 Å². The van der Waals surface area contributed by atoms with Gasteiger partial charge in [0.05, 0.1) is 16.1 Å². The second kappa shape index (κ2) is 7.79. The van der Waals surface area contributed by atoms with Crippen LogP contribution in [0.15, 0.2) is 36.4 Å². The molecule has 1 aromatic heterocycles. The number of hydrogen-bond donors (Lipinski definition) is 2. The number of benzene rings is 2. The molecule has 0 aliphatic carbocycles. The molecule has 7 nitrogen and oxygen atoms in total. The molecule has 0 aliphatic heterocycles. The Bertz CT molecular complexity index is 1160. The SMILES string of the molecule is Cc1cc(-c2nc(C(F)(F)F)n(C)n2)ccc1NC(=O)c1c(Cl)cccc1C(=O)O. The van der Waals surface area contributed by atoms with Gasteiger partial charge in [0.2, 0.25) is 5.82 Å². The molecule has 30 heavy (non-hydrogen) atoms. The summed E-state index contributed by atoms with van der Waals surface area (Å²) in [5.74, 6) is -3.29. The van der Waals surface area contributed by atoms with Crippen molar-refractivity contribution in [1.29, 1.82) is 0 Å². The highest BCUT2D eigenvalue weighted by Crippen LogP contribution is 2.30. The highest BCUT2D eigenvalue weighted by molar-refractivity contribution is 6.35. The number of carboxylic acid groups (broad SMARTS) is 1. The number of carbonyl (C=O) groups excluding carboxylic acids is 1. The zero-order chi connectivity index (χ0) is 22.2. The lowest BCUT2D eigenvalue weighted by Gasteiger charge is -2.12. The maximum absolute atomic E-state index is 12.9. The molecule has 0 spiro atoms. The summed E-state index contributed by atoms with van der Waals surface area (Å²) in [5.41, 5.74) is 0.696. The van der Waals surface area contributed by atoms with E-state index in [1.807, 2.05) is 0 Å². The van der Waals surface area contributed by atoms with Crippen LogP contribution in [0.2, 0.25) is 5.02 Å². The van der Waals surface area contributed by atoms with Gasteiger partial charge in [0.15, 0.2) is 5.82 Å². The molecular formula is C19H14ClF3N4O3. The molecule has 0 unspecified atom stereocenters. The average molecular weight is 439 g/mol. The lowest BCUT2D eigenvalue weighted by molar-refractivity contribution is -0.147. The van der Waals surface area contributed by atoms with Crippen molar-refractivity contribution in [2.24, 2.45) is 7.05 Å². The van der Waals surface area contributed by atoms with Gasteiger partial charge in [-0.3, -0.25) is 4.79 Å². The Morgan fingerprint density at radius 3 is 2.47 bits per heavy atom. The molecule has 0 bridgehead atoms. The van der Waals surface area contributed by atoms with Crippen LogP contribution < -0.4 is 5.32 Å². The number of nitrogens with one attached hydrogen (secondary N) is 1. The van der Waals surface area contributed by atoms with Crippen LogP contribution in [0.5, 0.6) is 0 Å². The van der Waals surface area contributed by atoms with Crippen LogP contribution >= 0.6 is 11.6 Å². The molecule has 2 aromatic carbocycles. The van der Waals surface area contributed by atoms with Crippen molar-refractivity contribution in [3.63, 3.8) is 0 Å². The molecule has 156 valence electrons. The summed E-state index contributed by atoms with van der Waals surface area (Å²) in [6.07, 6.45) is -4.64. The second-order valence-corrected chi connectivity index (χ2v) is 6.74. The minimum Gasteiger partial charge on any atom is -0.478 e. The fourth-order valence-corrected chi connectivity index (χ4v) is 3.07. The topological polar surface area (TPSA) is 97.1 Å². The largest absolute Gasteiger partial charge is 0.478 e. The van der Waals surface area contributed by atoms with Crippen LogP contribution in [-0.4, -0.2) is 31.7 Å². The molecule has 0 fully saturated rings. The Balaban J connectivity index is 1.91. The van der Waals surface area contributed by atoms with Crippen molar-refractivity contribution in [3.05, 3.63) is 63.9 Å². The molecule has 3 aromatic rings. The smallest absolute Gasteiger partial charge is 0.451 e. The Morgan fingerprint density at radius 2 is 1.90 bits per heavy atom. The van der Waals surface area contributed by atoms with Crippen LogP contribution in [0, 0.1) is 6.92 Å². The highest BCUT2D eigenvalue weighted by atomic mass is 35.5. The first-order valence-corrected chi connectivity index (χ1v) is 8.79. The molecule has 0 saturated carbocycles. The molecule has 0 saturated heterocycles. The Morgan fingerprint density at radius 1 is 1.20 bits per heavy atom. The van der Waals surface area contributed by atoms with Crippen LogP contribution in [0.1, 0.15) is 32.1 Å². The number of aromatic carboxylic acids is 1. The Labute approximate surface area is 173 Å². The van der Waals surface area contributed by atoms with Crippen molar-refractivity contribution in [2.75, 3.05) is 5.32 Å². The quantitative estimate of drug-likeness (QED) is 0.628. The van der Waals surface area contributed by atoms with Gasteiger partial charge >= 0.3 is 12.1 Å². The van der Waals surface area contributed by atoms with E-state index in [-0.39, 0.29) is 22.0 Å². The fourth-order valence-electron chi connectivity index (χ4n) is 2.81. The first-order valence-electron chi connectivity index (χ1n) is 8.41. The summed E-state index contributed by atoms with van der Waals surface area (Å²) in [5, 5.41) is 15.6. The fraction of sp³-hybridized carbons (Fsp3) is 0.158. The van der Waals surface area contributed by atoms with E-state index in [1.165, 1.54) is 36.4 Å². The summed E-state index contributed by atoms with van der Waals surface area (Å²) in [4.78, 5) is 27.5. The average Bonchev–Trinajstić information content (AvgIpc) is 3.05. The summed E-state index contributed by atoms with van der Waals surface area (Å²) in [6.45, 7) is 1.62. The normalized spacial score (nSPS) is 11.4. The van der Waals surface area contributed by atoms with Crippen LogP contribution in [0.25, 0.3) is 11.4 Å². The van der Waals surface area contributed by atoms with Crippen molar-refractivity contribution < 1.29 is 27.9 Å². The molecule has 0 aliphatic rings. The van der Waals surface area contributed by atoms with Gasteiger partial charge in [-0.1, -0.05) is 17.7 Å². The van der Waals surface area contributed by atoms with E-state index in [0.717, 1.165) is 7.05 Å². The third kappa shape index (κ3) is 4.13. The Hall–Kier alpha value is -3.40. The number of aryl methyl sites for hydroxylation is 2. The minimum absolute atomic E-state index is 0.0287. The number of alkyl halides is 3. The lowest BCUT2D eigenvalue weighted by Crippen LogP contribution is -2.17. The van der Waals surface area contributed by atoms with Gasteiger partial charge in [-0.2, -0.15) is 18.3 Å². The summed E-state index contributed by atoms with van der Waals surface area (Å²) < 4.78 is 39.4. The van der Waals surface area contributed by atoms with Crippen molar-refractivity contribution in [2.45, 2.75) is 13.1 Å². The van der Waals surface area contributed by atoms with Crippen molar-refractivity contribution in [1.82, 2.24) is 14.8 Å². The van der Waals surface area contributed by atoms with E-state index in [9.17, 15) is 27.9 Å². The van der Waals surface area contributed by atoms with Crippen molar-refractivity contribution >= 4 is 29.2 Å². The molecule has 1 amide bonds. The molecule has 3 rings (SSSR count). The van der Waals surface area contributed by atoms with E-state index >= 15 is 0 Å². The summed E-state index contributed by atoms with van der Waals surface area (Å²) in [6, 6.07) is 8.48. The van der Waals surface area contributed by atoms with Gasteiger partial charge in [0.1, 0.15) is 0 Å².